The van der Waals surface area contributed by atoms with Crippen LogP contribution in [-0.2, 0) is 16.3 Å². The molecule has 0 amide bonds. The molecule has 96 valence electrons. The van der Waals surface area contributed by atoms with Gasteiger partial charge in [-0.3, -0.25) is 0 Å². The van der Waals surface area contributed by atoms with Crippen LogP contribution in [0.4, 0.5) is 0 Å². The van der Waals surface area contributed by atoms with Crippen molar-refractivity contribution >= 4 is 15.4 Å². The minimum Gasteiger partial charge on any atom is -0.304 e. The van der Waals surface area contributed by atoms with E-state index in [1.165, 1.54) is 0 Å². The van der Waals surface area contributed by atoms with Gasteiger partial charge in [0.1, 0.15) is 15.7 Å². The summed E-state index contributed by atoms with van der Waals surface area (Å²) in [6.45, 7) is 0. The summed E-state index contributed by atoms with van der Waals surface area (Å²) >= 11 is 0. The molecule has 0 radical (unpaired) electrons. The zero-order valence-electron chi connectivity index (χ0n) is 10.1. The van der Waals surface area contributed by atoms with E-state index in [2.05, 4.69) is 9.38 Å². The SMILES string of the molecule is O=S1(=O)CCC(Cc2ncc3ccccn23)CC1. The molecule has 18 heavy (non-hydrogen) atoms. The molecule has 0 atom stereocenters. The van der Waals surface area contributed by atoms with Crippen LogP contribution < -0.4 is 0 Å². The molecule has 1 fully saturated rings. The maximum Gasteiger partial charge on any atom is 0.150 e. The summed E-state index contributed by atoms with van der Waals surface area (Å²) in [4.78, 5) is 4.44. The molecular weight excluding hydrogens is 248 g/mol. The molecule has 5 heteroatoms. The molecule has 1 saturated heterocycles. The van der Waals surface area contributed by atoms with Gasteiger partial charge < -0.3 is 4.40 Å². The molecular formula is C13H16N2O2S. The third kappa shape index (κ3) is 2.27. The average molecular weight is 264 g/mol. The number of imidazole rings is 1. The Balaban J connectivity index is 1.77. The largest absolute Gasteiger partial charge is 0.304 e. The van der Waals surface area contributed by atoms with Crippen LogP contribution in [0.25, 0.3) is 5.52 Å². The Bertz CT molecular complexity index is 646. The number of hydrogen-bond acceptors (Lipinski definition) is 3. The molecule has 0 N–H and O–H groups in total. The first-order chi connectivity index (χ1) is 8.64. The van der Waals surface area contributed by atoms with Crippen LogP contribution in [0.5, 0.6) is 0 Å². The van der Waals surface area contributed by atoms with Crippen molar-refractivity contribution in [2.24, 2.45) is 5.92 Å². The Kier molecular flexibility index (Phi) is 2.86. The van der Waals surface area contributed by atoms with Gasteiger partial charge in [0.2, 0.25) is 0 Å². The molecule has 2 aromatic rings. The van der Waals surface area contributed by atoms with Gasteiger partial charge >= 0.3 is 0 Å². The lowest BCUT2D eigenvalue weighted by Crippen LogP contribution is -2.25. The summed E-state index contributed by atoms with van der Waals surface area (Å²) in [7, 11) is -2.76. The molecule has 2 aromatic heterocycles. The van der Waals surface area contributed by atoms with Crippen LogP contribution in [-0.4, -0.2) is 29.3 Å². The fraction of sp³-hybridized carbons (Fsp3) is 0.462. The van der Waals surface area contributed by atoms with Crippen LogP contribution in [0, 0.1) is 5.92 Å². The second-order valence-corrected chi connectivity index (χ2v) is 7.27. The van der Waals surface area contributed by atoms with E-state index in [0.717, 1.165) is 30.6 Å². The van der Waals surface area contributed by atoms with Gasteiger partial charge in [0.15, 0.2) is 0 Å². The predicted molar refractivity (Wildman–Crippen MR) is 70.3 cm³/mol. The minimum absolute atomic E-state index is 0.334. The smallest absolute Gasteiger partial charge is 0.150 e. The van der Waals surface area contributed by atoms with Crippen molar-refractivity contribution in [3.63, 3.8) is 0 Å². The van der Waals surface area contributed by atoms with E-state index >= 15 is 0 Å². The highest BCUT2D eigenvalue weighted by atomic mass is 32.2. The van der Waals surface area contributed by atoms with Crippen molar-refractivity contribution in [1.82, 2.24) is 9.38 Å². The zero-order chi connectivity index (χ0) is 12.6. The third-order valence-electron chi connectivity index (χ3n) is 3.66. The van der Waals surface area contributed by atoms with Crippen LogP contribution in [0.1, 0.15) is 18.7 Å². The lowest BCUT2D eigenvalue weighted by atomic mass is 9.98. The molecule has 1 aliphatic heterocycles. The normalized spacial score (nSPS) is 20.2. The molecule has 0 aromatic carbocycles. The standard InChI is InChI=1S/C13H16N2O2S/c16-18(17)7-4-11(5-8-18)9-13-14-10-12-3-1-2-6-15(12)13/h1-3,6,10-11H,4-5,7-9H2. The van der Waals surface area contributed by atoms with Gasteiger partial charge in [-0.25, -0.2) is 13.4 Å². The summed E-state index contributed by atoms with van der Waals surface area (Å²) < 4.78 is 24.9. The summed E-state index contributed by atoms with van der Waals surface area (Å²) in [5, 5.41) is 0. The molecule has 4 nitrogen and oxygen atoms in total. The maximum atomic E-state index is 11.4. The first-order valence-corrected chi connectivity index (χ1v) is 8.07. The summed E-state index contributed by atoms with van der Waals surface area (Å²) in [5.41, 5.74) is 1.09. The van der Waals surface area contributed by atoms with Gasteiger partial charge in [-0.05, 0) is 30.9 Å². The Morgan fingerprint density at radius 1 is 1.28 bits per heavy atom. The van der Waals surface area contributed by atoms with Crippen molar-refractivity contribution in [3.05, 3.63) is 36.4 Å². The number of pyridine rings is 1. The molecule has 1 aliphatic rings. The Labute approximate surface area is 107 Å². The van der Waals surface area contributed by atoms with Crippen LogP contribution in [0.3, 0.4) is 0 Å². The summed E-state index contributed by atoms with van der Waals surface area (Å²) in [6, 6.07) is 6.01. The fourth-order valence-corrected chi connectivity index (χ4v) is 4.14. The van der Waals surface area contributed by atoms with Gasteiger partial charge in [0.05, 0.1) is 23.2 Å². The van der Waals surface area contributed by atoms with Gasteiger partial charge in [0.25, 0.3) is 0 Å². The van der Waals surface area contributed by atoms with Crippen molar-refractivity contribution < 1.29 is 8.42 Å². The third-order valence-corrected chi connectivity index (χ3v) is 5.38. The molecule has 0 saturated carbocycles. The highest BCUT2D eigenvalue weighted by molar-refractivity contribution is 7.91. The topological polar surface area (TPSA) is 51.4 Å². The Morgan fingerprint density at radius 2 is 2.06 bits per heavy atom. The molecule has 0 unspecified atom stereocenters. The van der Waals surface area contributed by atoms with Gasteiger partial charge in [-0.15, -0.1) is 0 Å². The second kappa shape index (κ2) is 4.39. The number of hydrogen-bond donors (Lipinski definition) is 0. The van der Waals surface area contributed by atoms with Crippen LogP contribution in [0.15, 0.2) is 30.6 Å². The second-order valence-electron chi connectivity index (χ2n) is 4.97. The minimum atomic E-state index is -2.76. The lowest BCUT2D eigenvalue weighted by molar-refractivity contribution is 0.453. The summed E-state index contributed by atoms with van der Waals surface area (Å²) in [6.07, 6.45) is 6.29. The van der Waals surface area contributed by atoms with E-state index in [0.29, 0.717) is 17.4 Å². The van der Waals surface area contributed by atoms with Crippen molar-refractivity contribution in [2.45, 2.75) is 19.3 Å². The predicted octanol–water partition coefficient (Wildman–Crippen LogP) is 1.70. The van der Waals surface area contributed by atoms with E-state index in [-0.39, 0.29) is 0 Å². The lowest BCUT2D eigenvalue weighted by Gasteiger charge is -2.21. The average Bonchev–Trinajstić information content (AvgIpc) is 2.76. The van der Waals surface area contributed by atoms with E-state index in [1.807, 2.05) is 30.6 Å². The Morgan fingerprint density at radius 3 is 2.83 bits per heavy atom. The first kappa shape index (κ1) is 11.7. The number of rotatable bonds is 2. The van der Waals surface area contributed by atoms with E-state index < -0.39 is 9.84 Å². The number of sulfone groups is 1. The van der Waals surface area contributed by atoms with Gasteiger partial charge in [-0.2, -0.15) is 0 Å². The molecule has 3 heterocycles. The van der Waals surface area contributed by atoms with Crippen molar-refractivity contribution in [1.29, 1.82) is 0 Å². The number of fused-ring (bicyclic) bond motifs is 1. The summed E-state index contributed by atoms with van der Waals surface area (Å²) in [5.74, 6) is 2.15. The Hall–Kier alpha value is -1.36. The highest BCUT2D eigenvalue weighted by Gasteiger charge is 2.24. The van der Waals surface area contributed by atoms with E-state index in [9.17, 15) is 8.42 Å². The van der Waals surface area contributed by atoms with Gasteiger partial charge in [-0.1, -0.05) is 6.07 Å². The molecule has 0 aliphatic carbocycles. The monoisotopic (exact) mass is 264 g/mol. The fourth-order valence-electron chi connectivity index (χ4n) is 2.55. The number of aromatic nitrogens is 2. The zero-order valence-corrected chi connectivity index (χ0v) is 10.9. The van der Waals surface area contributed by atoms with Crippen LogP contribution in [0.2, 0.25) is 0 Å². The number of nitrogens with zero attached hydrogens (tertiary/aromatic N) is 2. The molecule has 0 spiro atoms. The molecule has 0 bridgehead atoms. The van der Waals surface area contributed by atoms with E-state index in [1.54, 1.807) is 0 Å². The quantitative estimate of drug-likeness (QED) is 0.829. The maximum absolute atomic E-state index is 11.4. The van der Waals surface area contributed by atoms with E-state index in [4.69, 9.17) is 0 Å². The van der Waals surface area contributed by atoms with Gasteiger partial charge in [0, 0.05) is 12.6 Å². The highest BCUT2D eigenvalue weighted by Crippen LogP contribution is 2.22. The first-order valence-electron chi connectivity index (χ1n) is 6.25. The molecule has 3 rings (SSSR count). The van der Waals surface area contributed by atoms with Crippen molar-refractivity contribution in [3.8, 4) is 0 Å². The van der Waals surface area contributed by atoms with Crippen molar-refractivity contribution in [2.75, 3.05) is 11.5 Å². The van der Waals surface area contributed by atoms with Crippen LogP contribution >= 0.6 is 0 Å².